The van der Waals surface area contributed by atoms with Gasteiger partial charge < -0.3 is 10.0 Å². The largest absolute Gasteiger partial charge is 0.477 e. The molecule has 4 nitrogen and oxygen atoms in total. The van der Waals surface area contributed by atoms with Gasteiger partial charge in [-0.3, -0.25) is 0 Å². The highest BCUT2D eigenvalue weighted by atomic mass is 32.2. The van der Waals surface area contributed by atoms with Crippen LogP contribution in [0.25, 0.3) is 28.3 Å². The minimum absolute atomic E-state index is 0.0396. The second-order valence-corrected chi connectivity index (χ2v) is 22.4. The number of nitriles is 1. The van der Waals surface area contributed by atoms with Crippen LogP contribution in [0.1, 0.15) is 126 Å². The molecule has 2 aromatic heterocycles. The summed E-state index contributed by atoms with van der Waals surface area (Å²) in [4.78, 5) is 20.2. The maximum absolute atomic E-state index is 11.5. The predicted molar refractivity (Wildman–Crippen MR) is 266 cm³/mol. The number of hydrogen-bond donors (Lipinski definition) is 1. The second-order valence-electron chi connectivity index (χ2n) is 18.9. The molecule has 318 valence electrons. The highest BCUT2D eigenvalue weighted by Crippen LogP contribution is 2.56. The van der Waals surface area contributed by atoms with Crippen molar-refractivity contribution in [2.75, 3.05) is 4.90 Å². The average Bonchev–Trinajstić information content (AvgIpc) is 4.08. The Morgan fingerprint density at radius 2 is 1.68 bits per heavy atom. The summed E-state index contributed by atoms with van der Waals surface area (Å²) in [5.74, 6) is -0.684. The Balaban J connectivity index is 0.982. The number of aliphatic carboxylic acids is 1. The second kappa shape index (κ2) is 16.5. The Bertz CT molecular complexity index is 2850. The smallest absolute Gasteiger partial charge is 0.346 e. The normalized spacial score (nSPS) is 20.9. The first-order chi connectivity index (χ1) is 30.5. The van der Waals surface area contributed by atoms with Gasteiger partial charge in [-0.15, -0.1) is 34.4 Å². The van der Waals surface area contributed by atoms with Gasteiger partial charge in [-0.1, -0.05) is 127 Å². The number of carboxylic acid groups (broad SMARTS) is 1. The molecule has 5 aromatic rings. The standard InChI is InChI=1S/C56H54N2O2S3/c1-6-7-8-9-14-35-28-49(52-32-51-50(62-52)31-40(61-51)27-36(33-57)54(59)60)63-53(35)34-19-21-37(22-20-34)58(38-23-25-43-41-15-10-12-17-45(41)55(2,3)47(43)29-38)39-24-26-44-42-16-11-13-18-46(42)56(4,5)48(44)30-39/h10-13,15-17,19-21,23-31,37,46,52H,6-9,14,18,22,32H2,1-5H3,(H,59,60)/b36-27+. The zero-order valence-electron chi connectivity index (χ0n) is 36.8. The van der Waals surface area contributed by atoms with E-state index in [-0.39, 0.29) is 22.4 Å². The molecule has 0 fully saturated rings. The number of hydrogen-bond acceptors (Lipinski definition) is 6. The van der Waals surface area contributed by atoms with Gasteiger partial charge in [0.2, 0.25) is 0 Å². The molecule has 3 atom stereocenters. The number of unbranched alkanes of at least 4 members (excludes halogenated alkanes) is 3. The maximum atomic E-state index is 11.5. The molecule has 5 aliphatic rings. The van der Waals surface area contributed by atoms with Gasteiger partial charge >= 0.3 is 5.97 Å². The number of fused-ring (bicyclic) bond motifs is 7. The van der Waals surface area contributed by atoms with E-state index in [1.54, 1.807) is 11.3 Å². The van der Waals surface area contributed by atoms with E-state index in [0.717, 1.165) is 30.6 Å². The number of aryl methyl sites for hydroxylation is 1. The van der Waals surface area contributed by atoms with Crippen molar-refractivity contribution < 1.29 is 9.90 Å². The van der Waals surface area contributed by atoms with Crippen LogP contribution in [0.15, 0.2) is 120 Å². The van der Waals surface area contributed by atoms with Crippen molar-refractivity contribution in [1.82, 2.24) is 0 Å². The first kappa shape index (κ1) is 41.9. The topological polar surface area (TPSA) is 64.3 Å². The van der Waals surface area contributed by atoms with Crippen molar-refractivity contribution >= 4 is 69.0 Å². The monoisotopic (exact) mass is 882 g/mol. The maximum Gasteiger partial charge on any atom is 0.346 e. The first-order valence-corrected chi connectivity index (χ1v) is 25.2. The highest BCUT2D eigenvalue weighted by Gasteiger charge is 2.43. The number of thioether (sulfide) groups is 1. The Hall–Kier alpha value is -5.13. The van der Waals surface area contributed by atoms with Crippen LogP contribution in [-0.2, 0) is 28.5 Å². The third-order valence-corrected chi connectivity index (χ3v) is 18.4. The molecule has 0 saturated carbocycles. The molecular formula is C56H54N2O2S3. The zero-order chi connectivity index (χ0) is 43.6. The van der Waals surface area contributed by atoms with Crippen LogP contribution in [0, 0.1) is 17.2 Å². The molecule has 0 radical (unpaired) electrons. The molecule has 3 aromatic carbocycles. The van der Waals surface area contributed by atoms with Gasteiger partial charge in [0, 0.05) is 46.4 Å². The highest BCUT2D eigenvalue weighted by molar-refractivity contribution is 8.00. The van der Waals surface area contributed by atoms with E-state index in [1.807, 2.05) is 29.2 Å². The Kier molecular flexibility index (Phi) is 10.9. The van der Waals surface area contributed by atoms with Crippen molar-refractivity contribution in [1.29, 1.82) is 5.26 Å². The van der Waals surface area contributed by atoms with E-state index in [9.17, 15) is 15.2 Å². The van der Waals surface area contributed by atoms with Crippen molar-refractivity contribution in [3.05, 3.63) is 162 Å². The molecule has 63 heavy (non-hydrogen) atoms. The Morgan fingerprint density at radius 3 is 2.43 bits per heavy atom. The molecular weight excluding hydrogens is 829 g/mol. The van der Waals surface area contributed by atoms with Crippen LogP contribution < -0.4 is 4.90 Å². The van der Waals surface area contributed by atoms with Crippen molar-refractivity contribution in [3.8, 4) is 17.2 Å². The average molecular weight is 883 g/mol. The number of anilines is 2. The summed E-state index contributed by atoms with van der Waals surface area (Å²) < 4.78 is 0. The van der Waals surface area contributed by atoms with Crippen LogP contribution in [0.4, 0.5) is 11.4 Å². The lowest BCUT2D eigenvalue weighted by atomic mass is 9.74. The van der Waals surface area contributed by atoms with Crippen molar-refractivity contribution in [3.63, 3.8) is 0 Å². The van der Waals surface area contributed by atoms with Gasteiger partial charge in [-0.2, -0.15) is 5.26 Å². The lowest BCUT2D eigenvalue weighted by molar-refractivity contribution is -0.132. The minimum atomic E-state index is -1.18. The van der Waals surface area contributed by atoms with Crippen LogP contribution in [0.3, 0.4) is 0 Å². The van der Waals surface area contributed by atoms with E-state index in [1.165, 1.54) is 113 Å². The predicted octanol–water partition coefficient (Wildman–Crippen LogP) is 15.4. The minimum Gasteiger partial charge on any atom is -0.477 e. The van der Waals surface area contributed by atoms with E-state index in [2.05, 4.69) is 149 Å². The van der Waals surface area contributed by atoms with Gasteiger partial charge in [0.05, 0.1) is 6.04 Å². The molecule has 1 aliphatic heterocycles. The van der Waals surface area contributed by atoms with E-state index < -0.39 is 5.97 Å². The molecule has 0 bridgehead atoms. The van der Waals surface area contributed by atoms with Crippen molar-refractivity contribution in [2.24, 2.45) is 5.92 Å². The molecule has 4 aliphatic carbocycles. The third kappa shape index (κ3) is 7.33. The number of thiophene rings is 2. The summed E-state index contributed by atoms with van der Waals surface area (Å²) in [5, 5.41) is 19.0. The van der Waals surface area contributed by atoms with Crippen LogP contribution in [-0.4, -0.2) is 17.1 Å². The van der Waals surface area contributed by atoms with E-state index in [0.29, 0.717) is 11.2 Å². The number of rotatable bonds is 12. The SMILES string of the molecule is CCCCCCc1cc(C2Cc3sc(/C=C(\C#N)C(=O)O)cc3S2)sc1C1=CCC(N(c2ccc3c(c2)C(C)(C)c2ccccc2-3)c2ccc3c(c2)C(C)(C)C2CC=CC=C32)C=C1. The molecule has 0 amide bonds. The fourth-order valence-electron chi connectivity index (χ4n) is 10.9. The summed E-state index contributed by atoms with van der Waals surface area (Å²) in [6.45, 7) is 11.9. The van der Waals surface area contributed by atoms with Gasteiger partial charge in [-0.25, -0.2) is 4.79 Å². The van der Waals surface area contributed by atoms with E-state index >= 15 is 0 Å². The number of allylic oxidation sites excluding steroid dienone is 6. The number of carbonyl (C=O) groups is 1. The zero-order valence-corrected chi connectivity index (χ0v) is 39.3. The molecule has 1 N–H and O–H groups in total. The number of nitrogens with zero attached hydrogens (tertiary/aromatic N) is 2. The summed E-state index contributed by atoms with van der Waals surface area (Å²) in [7, 11) is 0. The molecule has 3 heterocycles. The van der Waals surface area contributed by atoms with Crippen LogP contribution in [0.5, 0.6) is 0 Å². The fraction of sp³-hybridized carbons (Fsp3) is 0.321. The first-order valence-electron chi connectivity index (χ1n) is 22.7. The molecule has 10 rings (SSSR count). The summed E-state index contributed by atoms with van der Waals surface area (Å²) in [5.41, 5.74) is 14.8. The summed E-state index contributed by atoms with van der Waals surface area (Å²) >= 11 is 5.46. The fourth-order valence-corrected chi connectivity index (χ4v) is 15.1. The molecule has 0 spiro atoms. The van der Waals surface area contributed by atoms with E-state index in [4.69, 9.17) is 0 Å². The van der Waals surface area contributed by atoms with Gasteiger partial charge in [-0.05, 0) is 136 Å². The third-order valence-electron chi connectivity index (χ3n) is 14.3. The van der Waals surface area contributed by atoms with Crippen LogP contribution >= 0.6 is 34.4 Å². The molecule has 3 unspecified atom stereocenters. The summed E-state index contributed by atoms with van der Waals surface area (Å²) in [6, 6.07) is 30.0. The number of benzene rings is 3. The van der Waals surface area contributed by atoms with Gasteiger partial charge in [0.15, 0.2) is 0 Å². The summed E-state index contributed by atoms with van der Waals surface area (Å²) in [6.07, 6.45) is 24.7. The van der Waals surface area contributed by atoms with Gasteiger partial charge in [0.25, 0.3) is 0 Å². The van der Waals surface area contributed by atoms with Crippen molar-refractivity contribution in [2.45, 2.75) is 113 Å². The molecule has 0 saturated heterocycles. The van der Waals surface area contributed by atoms with Gasteiger partial charge in [0.1, 0.15) is 11.6 Å². The Labute approximate surface area is 385 Å². The quantitative estimate of drug-likeness (QED) is 0.0768. The lowest BCUT2D eigenvalue weighted by Gasteiger charge is -2.35. The number of carboxylic acids is 1. The molecule has 7 heteroatoms. The van der Waals surface area contributed by atoms with Crippen LogP contribution in [0.2, 0.25) is 0 Å². The Morgan fingerprint density at radius 1 is 0.905 bits per heavy atom. The lowest BCUT2D eigenvalue weighted by Crippen LogP contribution is -2.31.